The highest BCUT2D eigenvalue weighted by molar-refractivity contribution is 9.10. The number of amides is 1. The highest BCUT2D eigenvalue weighted by Gasteiger charge is 2.19. The fraction of sp³-hybridized carbons (Fsp3) is 0.0714. The lowest BCUT2D eigenvalue weighted by molar-refractivity contribution is -0.125. The Morgan fingerprint density at radius 1 is 1.25 bits per heavy atom. The molecule has 0 radical (unpaired) electrons. The molecule has 0 spiro atoms. The molecule has 0 saturated carbocycles. The van der Waals surface area contributed by atoms with Crippen LogP contribution < -0.4 is 10.6 Å². The smallest absolute Gasteiger partial charge is 0.268 e. The van der Waals surface area contributed by atoms with E-state index < -0.39 is 5.91 Å². The van der Waals surface area contributed by atoms with Crippen molar-refractivity contribution in [3.8, 4) is 0 Å². The predicted octanol–water partition coefficient (Wildman–Crippen LogP) is 0.852. The van der Waals surface area contributed by atoms with E-state index in [1.807, 2.05) is 12.1 Å². The molecule has 3 rings (SSSR count). The topological polar surface area (TPSA) is 65.8 Å². The van der Waals surface area contributed by atoms with E-state index in [0.29, 0.717) is 22.0 Å². The summed E-state index contributed by atoms with van der Waals surface area (Å²) in [5.41, 5.74) is 1.05. The first-order valence-electron chi connectivity index (χ1n) is 5.94. The van der Waals surface area contributed by atoms with Gasteiger partial charge in [-0.05, 0) is 30.3 Å². The van der Waals surface area contributed by atoms with E-state index in [0.717, 1.165) is 9.54 Å². The van der Waals surface area contributed by atoms with Crippen molar-refractivity contribution >= 4 is 27.5 Å². The first kappa shape index (κ1) is 13.0. The zero-order chi connectivity index (χ0) is 14.1. The maximum atomic E-state index is 11.7. The second-order valence-electron chi connectivity index (χ2n) is 4.29. The third kappa shape index (κ3) is 2.35. The summed E-state index contributed by atoms with van der Waals surface area (Å²) < 4.78 is 0.836. The summed E-state index contributed by atoms with van der Waals surface area (Å²) in [6.07, 6.45) is 1.64. The van der Waals surface area contributed by atoms with E-state index in [1.165, 1.54) is 0 Å². The number of aromatic nitrogens is 1. The van der Waals surface area contributed by atoms with Gasteiger partial charge in [0, 0.05) is 15.9 Å². The molecule has 6 heteroatoms. The van der Waals surface area contributed by atoms with Crippen LogP contribution in [-0.2, 0) is 4.79 Å². The Morgan fingerprint density at radius 2 is 2.10 bits per heavy atom. The Hall–Kier alpha value is -2.05. The standard InChI is InChI=1S/C14H10BrN3O2/c15-9-4-5-11-10(7-9)14(12-3-1-2-6-16-12)18(20)8-13(19)17-11/h1-7,20H,8H2. The zero-order valence-corrected chi connectivity index (χ0v) is 11.9. The molecule has 1 aromatic carbocycles. The number of fused-ring (bicyclic) bond motifs is 1. The number of benzene rings is 1. The maximum absolute atomic E-state index is 11.7. The fourth-order valence-electron chi connectivity index (χ4n) is 2.08. The minimum Gasteiger partial charge on any atom is -0.288 e. The van der Waals surface area contributed by atoms with Gasteiger partial charge in [0.1, 0.15) is 6.54 Å². The van der Waals surface area contributed by atoms with Crippen molar-refractivity contribution < 1.29 is 10.0 Å². The number of hydrogen-bond donors (Lipinski definition) is 1. The van der Waals surface area contributed by atoms with E-state index in [1.54, 1.807) is 30.5 Å². The summed E-state index contributed by atoms with van der Waals surface area (Å²) in [7, 11) is 0. The zero-order valence-electron chi connectivity index (χ0n) is 10.3. The van der Waals surface area contributed by atoms with E-state index in [4.69, 9.17) is 0 Å². The molecule has 1 aliphatic rings. The van der Waals surface area contributed by atoms with Gasteiger partial charge < -0.3 is 0 Å². The van der Waals surface area contributed by atoms with E-state index in [2.05, 4.69) is 25.9 Å². The monoisotopic (exact) mass is 331 g/mol. The first-order valence-corrected chi connectivity index (χ1v) is 6.74. The van der Waals surface area contributed by atoms with Crippen molar-refractivity contribution in [3.05, 3.63) is 63.3 Å². The number of hydroxylamine groups is 2. The minimum absolute atomic E-state index is 0.196. The number of rotatable bonds is 1. The number of halogens is 1. The van der Waals surface area contributed by atoms with Gasteiger partial charge in [0.2, 0.25) is 0 Å². The summed E-state index contributed by atoms with van der Waals surface area (Å²) in [5, 5.41) is 12.2. The maximum Gasteiger partial charge on any atom is 0.268 e. The van der Waals surface area contributed by atoms with Crippen molar-refractivity contribution in [2.24, 2.45) is 4.99 Å². The molecule has 0 aliphatic carbocycles. The molecule has 1 amide bonds. The van der Waals surface area contributed by atoms with E-state index >= 15 is 0 Å². The number of nitrogens with zero attached hydrogens (tertiary/aromatic N) is 3. The molecule has 0 bridgehead atoms. The van der Waals surface area contributed by atoms with Crippen molar-refractivity contribution in [2.75, 3.05) is 6.54 Å². The molecule has 2 heterocycles. The molecule has 1 N–H and O–H groups in total. The van der Waals surface area contributed by atoms with Crippen molar-refractivity contribution in [1.82, 2.24) is 10.0 Å². The van der Waals surface area contributed by atoms with Gasteiger partial charge in [-0.1, -0.05) is 22.0 Å². The van der Waals surface area contributed by atoms with Gasteiger partial charge in [-0.2, -0.15) is 0 Å². The van der Waals surface area contributed by atoms with Crippen LogP contribution in [0, 0.1) is 0 Å². The normalized spacial score (nSPS) is 14.6. The van der Waals surface area contributed by atoms with Crippen molar-refractivity contribution in [2.45, 2.75) is 0 Å². The van der Waals surface area contributed by atoms with Gasteiger partial charge >= 0.3 is 0 Å². The number of pyridine rings is 1. The number of carbonyl (C=O) groups is 1. The quantitative estimate of drug-likeness (QED) is 0.841. The molecule has 20 heavy (non-hydrogen) atoms. The van der Waals surface area contributed by atoms with Crippen LogP contribution in [-0.4, -0.2) is 27.7 Å². The summed E-state index contributed by atoms with van der Waals surface area (Å²) in [6, 6.07) is 10.7. The molecule has 100 valence electrons. The molecule has 0 fully saturated rings. The third-order valence-electron chi connectivity index (χ3n) is 2.91. The second kappa shape index (κ2) is 5.15. The molecule has 1 aromatic heterocycles. The Bertz CT molecular complexity index is 790. The molecule has 2 aromatic rings. The summed E-state index contributed by atoms with van der Waals surface area (Å²) >= 11 is 3.39. The lowest BCUT2D eigenvalue weighted by Crippen LogP contribution is -2.32. The van der Waals surface area contributed by atoms with Gasteiger partial charge in [0.25, 0.3) is 5.91 Å². The van der Waals surface area contributed by atoms with Gasteiger partial charge in [0.15, 0.2) is 0 Å². The summed E-state index contributed by atoms with van der Waals surface area (Å²) in [5.74, 6) is -0.401. The van der Waals surface area contributed by atoms with Gasteiger partial charge in [-0.3, -0.25) is 15.0 Å². The Kier molecular flexibility index (Phi) is 3.33. The SMILES string of the molecule is O=C1CN(O)C(c2ccccn2)=c2cc(Br)ccc2=N1. The first-order chi connectivity index (χ1) is 9.65. The van der Waals surface area contributed by atoms with E-state index in [9.17, 15) is 10.0 Å². The Labute approximate surface area is 123 Å². The van der Waals surface area contributed by atoms with Gasteiger partial charge in [0.05, 0.1) is 16.7 Å². The van der Waals surface area contributed by atoms with Crippen LogP contribution in [0.5, 0.6) is 0 Å². The molecular formula is C14H10BrN3O2. The van der Waals surface area contributed by atoms with Crippen LogP contribution in [0.3, 0.4) is 0 Å². The van der Waals surface area contributed by atoms with E-state index in [-0.39, 0.29) is 6.54 Å². The molecule has 5 nitrogen and oxygen atoms in total. The molecule has 0 atom stereocenters. The van der Waals surface area contributed by atoms with Crippen LogP contribution in [0.4, 0.5) is 0 Å². The van der Waals surface area contributed by atoms with Crippen LogP contribution in [0.1, 0.15) is 5.69 Å². The second-order valence-corrected chi connectivity index (χ2v) is 5.20. The average molecular weight is 332 g/mol. The molecular weight excluding hydrogens is 322 g/mol. The fourth-order valence-corrected chi connectivity index (χ4v) is 2.45. The predicted molar refractivity (Wildman–Crippen MR) is 75.2 cm³/mol. The van der Waals surface area contributed by atoms with Crippen LogP contribution in [0.2, 0.25) is 0 Å². The molecule has 0 unspecified atom stereocenters. The lowest BCUT2D eigenvalue weighted by Gasteiger charge is -2.17. The average Bonchev–Trinajstić information content (AvgIpc) is 2.54. The summed E-state index contributed by atoms with van der Waals surface area (Å²) in [4.78, 5) is 19.9. The Balaban J connectivity index is 2.43. The highest BCUT2D eigenvalue weighted by atomic mass is 79.9. The molecule has 0 saturated heterocycles. The van der Waals surface area contributed by atoms with Crippen LogP contribution in [0.15, 0.2) is 52.1 Å². The largest absolute Gasteiger partial charge is 0.288 e. The third-order valence-corrected chi connectivity index (χ3v) is 3.40. The van der Waals surface area contributed by atoms with Crippen molar-refractivity contribution in [3.63, 3.8) is 0 Å². The van der Waals surface area contributed by atoms with Gasteiger partial charge in [-0.15, -0.1) is 0 Å². The minimum atomic E-state index is -0.401. The summed E-state index contributed by atoms with van der Waals surface area (Å²) in [6.45, 7) is -0.196. The Morgan fingerprint density at radius 3 is 2.85 bits per heavy atom. The van der Waals surface area contributed by atoms with Gasteiger partial charge in [-0.25, -0.2) is 10.1 Å². The van der Waals surface area contributed by atoms with Crippen molar-refractivity contribution in [1.29, 1.82) is 0 Å². The molecule has 1 aliphatic heterocycles. The number of hydrogen-bond acceptors (Lipinski definition) is 4. The van der Waals surface area contributed by atoms with Crippen LogP contribution >= 0.6 is 15.9 Å². The number of carbonyl (C=O) groups excluding carboxylic acids is 1. The lowest BCUT2D eigenvalue weighted by atomic mass is 10.2. The van der Waals surface area contributed by atoms with Crippen LogP contribution in [0.25, 0.3) is 5.70 Å². The highest BCUT2D eigenvalue weighted by Crippen LogP contribution is 2.13.